The Morgan fingerprint density at radius 3 is 2.68 bits per heavy atom. The summed E-state index contributed by atoms with van der Waals surface area (Å²) in [5.41, 5.74) is 0.858. The molecule has 0 atom stereocenters. The quantitative estimate of drug-likeness (QED) is 0.613. The molecule has 0 saturated carbocycles. The molecule has 0 radical (unpaired) electrons. The molecule has 94 valence electrons. The Morgan fingerprint density at radius 2 is 1.95 bits per heavy atom. The van der Waals surface area contributed by atoms with Gasteiger partial charge in [-0.1, -0.05) is 0 Å². The van der Waals surface area contributed by atoms with Gasteiger partial charge in [0.1, 0.15) is 0 Å². The fraction of sp³-hybridized carbons (Fsp3) is 0. The van der Waals surface area contributed by atoms with Crippen LogP contribution in [-0.4, -0.2) is 38.3 Å². The second kappa shape index (κ2) is 3.98. The van der Waals surface area contributed by atoms with Crippen LogP contribution in [0, 0.1) is 0 Å². The molecule has 0 aliphatic carbocycles. The lowest BCUT2D eigenvalue weighted by molar-refractivity contribution is 0.0878. The molecular weight excluding hydrogens is 252 g/mol. The summed E-state index contributed by atoms with van der Waals surface area (Å²) in [6, 6.07) is 4.38. The molecule has 1 aliphatic heterocycles. The van der Waals surface area contributed by atoms with Crippen molar-refractivity contribution in [2.24, 2.45) is 0 Å². The third kappa shape index (κ3) is 1.82. The average molecular weight is 258 g/mol. The highest BCUT2D eigenvalue weighted by Crippen LogP contribution is 2.20. The van der Waals surface area contributed by atoms with E-state index < -0.39 is 17.7 Å². The van der Waals surface area contributed by atoms with Crippen molar-refractivity contribution in [2.75, 3.05) is 5.32 Å². The topological polar surface area (TPSA) is 130 Å². The maximum Gasteiger partial charge on any atom is 0.297 e. The molecule has 1 aromatic carbocycles. The van der Waals surface area contributed by atoms with Gasteiger partial charge in [0.2, 0.25) is 0 Å². The smallest absolute Gasteiger partial charge is 0.297 e. The molecule has 1 aromatic heterocycles. The molecule has 3 amide bonds. The predicted octanol–water partition coefficient (Wildman–Crippen LogP) is -0.664. The van der Waals surface area contributed by atoms with Crippen molar-refractivity contribution in [1.29, 1.82) is 0 Å². The van der Waals surface area contributed by atoms with Crippen molar-refractivity contribution in [3.8, 4) is 0 Å². The zero-order valence-electron chi connectivity index (χ0n) is 9.30. The third-order valence-corrected chi connectivity index (χ3v) is 2.54. The van der Waals surface area contributed by atoms with Crippen molar-refractivity contribution >= 4 is 23.4 Å². The maximum atomic E-state index is 11.7. The summed E-state index contributed by atoms with van der Waals surface area (Å²) < 4.78 is 0. The van der Waals surface area contributed by atoms with Crippen LogP contribution in [0.5, 0.6) is 0 Å². The maximum absolute atomic E-state index is 11.7. The fourth-order valence-corrected chi connectivity index (χ4v) is 1.69. The Labute approximate surface area is 105 Å². The Kier molecular flexibility index (Phi) is 2.31. The summed E-state index contributed by atoms with van der Waals surface area (Å²) in [5.74, 6) is -1.63. The van der Waals surface area contributed by atoms with E-state index in [1.165, 1.54) is 18.2 Å². The first kappa shape index (κ1) is 11.0. The van der Waals surface area contributed by atoms with Crippen molar-refractivity contribution in [1.82, 2.24) is 25.9 Å². The largest absolute Gasteiger partial charge is 0.319 e. The van der Waals surface area contributed by atoms with E-state index in [-0.39, 0.29) is 17.0 Å². The first-order valence-electron chi connectivity index (χ1n) is 5.19. The summed E-state index contributed by atoms with van der Waals surface area (Å²) in [4.78, 5) is 34.5. The van der Waals surface area contributed by atoms with Gasteiger partial charge in [0.05, 0.1) is 11.1 Å². The van der Waals surface area contributed by atoms with E-state index in [1.807, 2.05) is 0 Å². The first-order chi connectivity index (χ1) is 9.15. The minimum atomic E-state index is -0.571. The van der Waals surface area contributed by atoms with Gasteiger partial charge in [-0.15, -0.1) is 10.2 Å². The highest BCUT2D eigenvalue weighted by Gasteiger charge is 2.26. The van der Waals surface area contributed by atoms with E-state index in [4.69, 9.17) is 0 Å². The Hall–Kier alpha value is -3.10. The molecule has 19 heavy (non-hydrogen) atoms. The number of rotatable bonds is 2. The van der Waals surface area contributed by atoms with Crippen LogP contribution in [0.25, 0.3) is 0 Å². The van der Waals surface area contributed by atoms with Gasteiger partial charge >= 0.3 is 0 Å². The molecule has 3 N–H and O–H groups in total. The average Bonchev–Trinajstić information content (AvgIpc) is 2.99. The number of carbonyl (C=O) groups is 3. The molecule has 2 heterocycles. The number of H-pyrrole nitrogens is 1. The van der Waals surface area contributed by atoms with Crippen LogP contribution in [0.4, 0.5) is 5.69 Å². The number of hydrogen-bond donors (Lipinski definition) is 3. The molecule has 2 aromatic rings. The number of anilines is 1. The lowest BCUT2D eigenvalue weighted by atomic mass is 10.1. The van der Waals surface area contributed by atoms with Crippen LogP contribution in [0.15, 0.2) is 18.2 Å². The molecule has 1 aliphatic rings. The molecule has 0 bridgehead atoms. The molecule has 0 saturated heterocycles. The number of benzene rings is 1. The minimum Gasteiger partial charge on any atom is -0.319 e. The van der Waals surface area contributed by atoms with Crippen molar-refractivity contribution in [3.05, 3.63) is 35.2 Å². The molecule has 0 fully saturated rings. The summed E-state index contributed by atoms with van der Waals surface area (Å²) in [6.45, 7) is 0. The van der Waals surface area contributed by atoms with Crippen LogP contribution < -0.4 is 10.6 Å². The van der Waals surface area contributed by atoms with Gasteiger partial charge in [0.25, 0.3) is 23.5 Å². The van der Waals surface area contributed by atoms with Crippen molar-refractivity contribution < 1.29 is 14.4 Å². The normalized spacial score (nSPS) is 13.1. The molecule has 0 unspecified atom stereocenters. The Bertz CT molecular complexity index is 693. The lowest BCUT2D eigenvalue weighted by Crippen LogP contribution is -2.19. The van der Waals surface area contributed by atoms with Gasteiger partial charge in [0, 0.05) is 5.69 Å². The third-order valence-electron chi connectivity index (χ3n) is 2.54. The summed E-state index contributed by atoms with van der Waals surface area (Å²) >= 11 is 0. The number of fused-ring (bicyclic) bond motifs is 1. The minimum absolute atomic E-state index is 0.124. The van der Waals surface area contributed by atoms with E-state index in [0.29, 0.717) is 5.69 Å². The summed E-state index contributed by atoms with van der Waals surface area (Å²) in [6.07, 6.45) is 0. The highest BCUT2D eigenvalue weighted by atomic mass is 16.2. The summed E-state index contributed by atoms with van der Waals surface area (Å²) in [5, 5.41) is 17.1. The number of tetrazole rings is 1. The van der Waals surface area contributed by atoms with E-state index in [0.717, 1.165) is 0 Å². The molecule has 0 spiro atoms. The lowest BCUT2D eigenvalue weighted by Gasteiger charge is -2.03. The Morgan fingerprint density at radius 1 is 1.16 bits per heavy atom. The standard InChI is InChI=1S/C10H6N6O3/c17-8-5-2-1-4(3-6(5)9(18)12-8)11-10(19)7-13-15-16-14-7/h1-3H,(H,11,19)(H,12,17,18)(H,13,14,15,16). The van der Waals surface area contributed by atoms with E-state index >= 15 is 0 Å². The predicted molar refractivity (Wildman–Crippen MR) is 60.4 cm³/mol. The number of hydrogen-bond acceptors (Lipinski definition) is 6. The molecule has 9 nitrogen and oxygen atoms in total. The van der Waals surface area contributed by atoms with Gasteiger partial charge in [-0.05, 0) is 23.4 Å². The van der Waals surface area contributed by atoms with E-state index in [9.17, 15) is 14.4 Å². The van der Waals surface area contributed by atoms with Gasteiger partial charge < -0.3 is 5.32 Å². The molecule has 9 heteroatoms. The second-order valence-corrected chi connectivity index (χ2v) is 3.73. The first-order valence-corrected chi connectivity index (χ1v) is 5.19. The van der Waals surface area contributed by atoms with Crippen molar-refractivity contribution in [3.63, 3.8) is 0 Å². The van der Waals surface area contributed by atoms with E-state index in [2.05, 4.69) is 31.3 Å². The van der Waals surface area contributed by atoms with Gasteiger partial charge in [0.15, 0.2) is 0 Å². The van der Waals surface area contributed by atoms with E-state index in [1.54, 1.807) is 0 Å². The van der Waals surface area contributed by atoms with Gasteiger partial charge in [-0.2, -0.15) is 5.21 Å². The number of imide groups is 1. The molecular formula is C10H6N6O3. The van der Waals surface area contributed by atoms with Gasteiger partial charge in [-0.3, -0.25) is 19.7 Å². The Balaban J connectivity index is 1.88. The number of nitrogens with zero attached hydrogens (tertiary/aromatic N) is 3. The SMILES string of the molecule is O=C(Nc1ccc2c(c1)C(=O)NC2=O)c1nn[nH]n1. The monoisotopic (exact) mass is 258 g/mol. The van der Waals surface area contributed by atoms with Crippen molar-refractivity contribution in [2.45, 2.75) is 0 Å². The van der Waals surface area contributed by atoms with Crippen LogP contribution in [0.3, 0.4) is 0 Å². The van der Waals surface area contributed by atoms with Crippen LogP contribution in [-0.2, 0) is 0 Å². The zero-order chi connectivity index (χ0) is 13.4. The van der Waals surface area contributed by atoms with Crippen LogP contribution >= 0.6 is 0 Å². The number of carbonyl (C=O) groups excluding carboxylic acids is 3. The van der Waals surface area contributed by atoms with Crippen LogP contribution in [0.1, 0.15) is 31.3 Å². The molecule has 3 rings (SSSR count). The summed E-state index contributed by atoms with van der Waals surface area (Å²) in [7, 11) is 0. The van der Waals surface area contributed by atoms with Gasteiger partial charge in [-0.25, -0.2) is 0 Å². The number of amides is 3. The zero-order valence-corrected chi connectivity index (χ0v) is 9.30. The van der Waals surface area contributed by atoms with Crippen LogP contribution in [0.2, 0.25) is 0 Å². The number of nitrogens with one attached hydrogen (secondary N) is 3. The highest BCUT2D eigenvalue weighted by molar-refractivity contribution is 6.22. The number of aromatic amines is 1. The number of aromatic nitrogens is 4. The second-order valence-electron chi connectivity index (χ2n) is 3.73. The fourth-order valence-electron chi connectivity index (χ4n) is 1.69.